The first-order valence-electron chi connectivity index (χ1n) is 12.0. The molecule has 40 heavy (non-hydrogen) atoms. The summed E-state index contributed by atoms with van der Waals surface area (Å²) in [6.07, 6.45) is -5.97. The zero-order chi connectivity index (χ0) is 29.4. The smallest absolute Gasteiger partial charge is 0.389 e. The number of nitriles is 1. The third-order valence-electron chi connectivity index (χ3n) is 5.65. The van der Waals surface area contributed by atoms with E-state index in [1.54, 1.807) is 17.5 Å². The summed E-state index contributed by atoms with van der Waals surface area (Å²) in [5, 5.41) is 36.9. The average Bonchev–Trinajstić information content (AvgIpc) is 3.60. The predicted molar refractivity (Wildman–Crippen MR) is 144 cm³/mol. The number of hydrogen-bond acceptors (Lipinski definition) is 9. The number of nitrogens with one attached hydrogen (secondary N) is 2. The quantitative estimate of drug-likeness (QED) is 0.232. The lowest BCUT2D eigenvalue weighted by Gasteiger charge is -2.26. The minimum absolute atomic E-state index is 0.0277. The standard InChI is InChI=1S/C25H25ClF3N5O4S2/c1-13(35)2-3-18(21(37)33-17(4-5-25(27,28)29)20(36)24-31-6-7-39-24)34-22(38)19-12-32-23(40-19)15-8-14(11-30)9-16(26)10-15/h6-10,12-13,17-18,20,35-36H,2-5H2,1H3,(H,33,37)(H,34,38)/t13?,17-,18-,20?/m0/s1. The number of halogens is 4. The van der Waals surface area contributed by atoms with Gasteiger partial charge in [-0.3, -0.25) is 9.59 Å². The lowest BCUT2D eigenvalue weighted by molar-refractivity contribution is -0.140. The monoisotopic (exact) mass is 615 g/mol. The number of carbonyl (C=O) groups is 2. The predicted octanol–water partition coefficient (Wildman–Crippen LogP) is 4.61. The van der Waals surface area contributed by atoms with Crippen LogP contribution in [0.1, 0.15) is 59.0 Å². The van der Waals surface area contributed by atoms with Gasteiger partial charge >= 0.3 is 6.18 Å². The maximum atomic E-state index is 13.2. The van der Waals surface area contributed by atoms with Crippen molar-refractivity contribution in [1.29, 1.82) is 5.26 Å². The minimum atomic E-state index is -4.52. The zero-order valence-corrected chi connectivity index (χ0v) is 23.4. The van der Waals surface area contributed by atoms with Gasteiger partial charge in [0.05, 0.1) is 30.0 Å². The largest absolute Gasteiger partial charge is 0.393 e. The molecule has 2 amide bonds. The highest BCUT2D eigenvalue weighted by atomic mass is 35.5. The number of thiazole rings is 2. The van der Waals surface area contributed by atoms with E-state index < -0.39 is 55.1 Å². The molecular weight excluding hydrogens is 591 g/mol. The molecule has 1 aromatic carbocycles. The van der Waals surface area contributed by atoms with Gasteiger partial charge in [-0.1, -0.05) is 11.6 Å². The van der Waals surface area contributed by atoms with E-state index in [4.69, 9.17) is 11.6 Å². The third kappa shape index (κ3) is 9.24. The van der Waals surface area contributed by atoms with Gasteiger partial charge < -0.3 is 20.8 Å². The molecule has 0 aliphatic carbocycles. The molecule has 0 radical (unpaired) electrons. The molecule has 0 aliphatic heterocycles. The Labute approximate surface area is 240 Å². The lowest BCUT2D eigenvalue weighted by atomic mass is 10.0. The van der Waals surface area contributed by atoms with Gasteiger partial charge in [0.15, 0.2) is 0 Å². The van der Waals surface area contributed by atoms with Gasteiger partial charge in [-0.25, -0.2) is 9.97 Å². The van der Waals surface area contributed by atoms with Crippen LogP contribution in [-0.4, -0.2) is 56.4 Å². The molecule has 15 heteroatoms. The molecule has 214 valence electrons. The van der Waals surface area contributed by atoms with Crippen molar-refractivity contribution in [1.82, 2.24) is 20.6 Å². The lowest BCUT2D eigenvalue weighted by Crippen LogP contribution is -2.51. The first-order valence-corrected chi connectivity index (χ1v) is 14.0. The molecule has 9 nitrogen and oxygen atoms in total. The molecule has 0 spiro atoms. The molecule has 3 aromatic rings. The highest BCUT2D eigenvalue weighted by Crippen LogP contribution is 2.30. The molecule has 0 fully saturated rings. The number of nitrogens with zero attached hydrogens (tertiary/aromatic N) is 3. The van der Waals surface area contributed by atoms with Crippen molar-refractivity contribution in [3.05, 3.63) is 56.4 Å². The van der Waals surface area contributed by atoms with Gasteiger partial charge in [0.1, 0.15) is 27.0 Å². The molecule has 0 saturated heterocycles. The van der Waals surface area contributed by atoms with Gasteiger partial charge in [-0.05, 0) is 44.4 Å². The molecule has 2 heterocycles. The van der Waals surface area contributed by atoms with Crippen molar-refractivity contribution in [3.8, 4) is 16.6 Å². The summed E-state index contributed by atoms with van der Waals surface area (Å²) in [6.45, 7) is 1.49. The summed E-state index contributed by atoms with van der Waals surface area (Å²) >= 11 is 8.06. The highest BCUT2D eigenvalue weighted by Gasteiger charge is 2.34. The van der Waals surface area contributed by atoms with Crippen LogP contribution in [0.15, 0.2) is 36.0 Å². The van der Waals surface area contributed by atoms with Gasteiger partial charge in [-0.15, -0.1) is 22.7 Å². The summed E-state index contributed by atoms with van der Waals surface area (Å²) in [5.41, 5.74) is 0.818. The molecule has 0 saturated carbocycles. The fourth-order valence-electron chi connectivity index (χ4n) is 3.66. The van der Waals surface area contributed by atoms with Crippen LogP contribution in [-0.2, 0) is 4.79 Å². The fourth-order valence-corrected chi connectivity index (χ4v) is 5.39. The zero-order valence-electron chi connectivity index (χ0n) is 21.0. The summed E-state index contributed by atoms with van der Waals surface area (Å²) in [6, 6.07) is 4.03. The Morgan fingerprint density at radius 2 is 1.90 bits per heavy atom. The number of hydrogen-bond donors (Lipinski definition) is 4. The van der Waals surface area contributed by atoms with Crippen LogP contribution in [0.25, 0.3) is 10.6 Å². The second-order valence-corrected chi connectivity index (χ2v) is 11.3. The van der Waals surface area contributed by atoms with Crippen LogP contribution in [0, 0.1) is 11.3 Å². The van der Waals surface area contributed by atoms with Crippen molar-refractivity contribution in [3.63, 3.8) is 0 Å². The Kier molecular flexibility index (Phi) is 11.0. The number of amides is 2. The normalized spacial score (nSPS) is 14.6. The molecule has 2 unspecified atom stereocenters. The summed E-state index contributed by atoms with van der Waals surface area (Å²) in [5.74, 6) is -1.50. The second-order valence-electron chi connectivity index (χ2n) is 8.91. The molecule has 2 aromatic heterocycles. The van der Waals surface area contributed by atoms with Gasteiger partial charge in [0.25, 0.3) is 5.91 Å². The summed E-state index contributed by atoms with van der Waals surface area (Å²) in [7, 11) is 0. The van der Waals surface area contributed by atoms with E-state index in [0.29, 0.717) is 21.2 Å². The molecule has 0 bridgehead atoms. The number of rotatable bonds is 12. The number of aliphatic hydroxyl groups is 2. The van der Waals surface area contributed by atoms with E-state index in [1.165, 1.54) is 25.4 Å². The molecule has 4 N–H and O–H groups in total. The number of benzene rings is 1. The topological polar surface area (TPSA) is 148 Å². The van der Waals surface area contributed by atoms with Crippen molar-refractivity contribution >= 4 is 46.1 Å². The maximum Gasteiger partial charge on any atom is 0.389 e. The highest BCUT2D eigenvalue weighted by molar-refractivity contribution is 7.16. The van der Waals surface area contributed by atoms with E-state index in [9.17, 15) is 38.2 Å². The molecule has 3 rings (SSSR count). The van der Waals surface area contributed by atoms with Crippen LogP contribution in [0.4, 0.5) is 13.2 Å². The average molecular weight is 616 g/mol. The van der Waals surface area contributed by atoms with Crippen molar-refractivity contribution in [2.24, 2.45) is 0 Å². The Balaban J connectivity index is 1.78. The van der Waals surface area contributed by atoms with Gasteiger partial charge in [0, 0.05) is 28.6 Å². The second kappa shape index (κ2) is 14.0. The Morgan fingerprint density at radius 1 is 1.15 bits per heavy atom. The van der Waals surface area contributed by atoms with E-state index in [1.807, 2.05) is 6.07 Å². The van der Waals surface area contributed by atoms with E-state index >= 15 is 0 Å². The number of aromatic nitrogens is 2. The van der Waals surface area contributed by atoms with Crippen molar-refractivity contribution < 1.29 is 33.0 Å². The van der Waals surface area contributed by atoms with Crippen molar-refractivity contribution in [2.45, 2.75) is 63.1 Å². The first kappa shape index (κ1) is 31.4. The van der Waals surface area contributed by atoms with E-state index in [0.717, 1.165) is 22.7 Å². The van der Waals surface area contributed by atoms with Gasteiger partial charge in [0.2, 0.25) is 5.91 Å². The number of alkyl halides is 3. The molecule has 0 aliphatic rings. The third-order valence-corrected chi connectivity index (χ3v) is 7.76. The number of carbonyl (C=O) groups excluding carboxylic acids is 2. The fraction of sp³-hybridized carbons (Fsp3) is 0.400. The summed E-state index contributed by atoms with van der Waals surface area (Å²) < 4.78 is 38.9. The number of aliphatic hydroxyl groups excluding tert-OH is 2. The SMILES string of the molecule is CC(O)CC[C@H](NC(=O)c1cnc(-c2cc(Cl)cc(C#N)c2)s1)C(=O)N[C@@H](CCC(F)(F)F)C(O)c1nccs1. The first-order chi connectivity index (χ1) is 18.9. The molecular formula is C25H25ClF3N5O4S2. The van der Waals surface area contributed by atoms with Crippen LogP contribution in [0.3, 0.4) is 0 Å². The van der Waals surface area contributed by atoms with Gasteiger partial charge in [-0.2, -0.15) is 18.4 Å². The van der Waals surface area contributed by atoms with E-state index in [-0.39, 0.29) is 22.7 Å². The Hall–Kier alpha value is -3.09. The Morgan fingerprint density at radius 3 is 2.52 bits per heavy atom. The van der Waals surface area contributed by atoms with Crippen molar-refractivity contribution in [2.75, 3.05) is 0 Å². The summed E-state index contributed by atoms with van der Waals surface area (Å²) in [4.78, 5) is 34.5. The van der Waals surface area contributed by atoms with Crippen LogP contribution >= 0.6 is 34.3 Å². The van der Waals surface area contributed by atoms with Crippen LogP contribution in [0.5, 0.6) is 0 Å². The van der Waals surface area contributed by atoms with E-state index in [2.05, 4.69) is 20.6 Å². The van der Waals surface area contributed by atoms with Crippen LogP contribution < -0.4 is 10.6 Å². The minimum Gasteiger partial charge on any atom is -0.393 e. The Bertz CT molecular complexity index is 1340. The molecule has 4 atom stereocenters. The maximum absolute atomic E-state index is 13.2. The van der Waals surface area contributed by atoms with Crippen LogP contribution in [0.2, 0.25) is 5.02 Å².